The first-order chi connectivity index (χ1) is 9.68. The highest BCUT2D eigenvalue weighted by Gasteiger charge is 2.32. The smallest absolute Gasteiger partial charge is 0.200 e. The molecule has 1 aliphatic rings. The van der Waals surface area contributed by atoms with Crippen molar-refractivity contribution in [1.82, 2.24) is 25.3 Å². The van der Waals surface area contributed by atoms with Crippen LogP contribution in [0.4, 0.5) is 5.82 Å². The van der Waals surface area contributed by atoms with Crippen LogP contribution in [0.5, 0.6) is 0 Å². The van der Waals surface area contributed by atoms with E-state index < -0.39 is 5.60 Å². The average Bonchev–Trinajstić information content (AvgIpc) is 2.94. The molecule has 0 bridgehead atoms. The Hall–Kier alpha value is -1.76. The molecule has 0 spiro atoms. The number of anilines is 1. The molecule has 108 valence electrons. The molecule has 0 amide bonds. The van der Waals surface area contributed by atoms with E-state index in [0.717, 1.165) is 31.6 Å². The van der Waals surface area contributed by atoms with Gasteiger partial charge in [-0.2, -0.15) is 0 Å². The lowest BCUT2D eigenvalue weighted by Crippen LogP contribution is -2.40. The Kier molecular flexibility index (Phi) is 3.52. The third-order valence-electron chi connectivity index (χ3n) is 4.28. The number of fused-ring (bicyclic) bond motifs is 1. The maximum Gasteiger partial charge on any atom is 0.200 e. The Morgan fingerprint density at radius 1 is 1.40 bits per heavy atom. The van der Waals surface area contributed by atoms with Gasteiger partial charge < -0.3 is 10.4 Å². The van der Waals surface area contributed by atoms with Gasteiger partial charge in [-0.1, -0.05) is 13.3 Å². The second kappa shape index (κ2) is 5.32. The van der Waals surface area contributed by atoms with Crippen molar-refractivity contribution in [3.63, 3.8) is 0 Å². The summed E-state index contributed by atoms with van der Waals surface area (Å²) in [6, 6.07) is 3.63. The maximum atomic E-state index is 10.6. The molecule has 0 aliphatic heterocycles. The first kappa shape index (κ1) is 13.2. The van der Waals surface area contributed by atoms with E-state index in [2.05, 4.69) is 32.9 Å². The van der Waals surface area contributed by atoms with Gasteiger partial charge in [-0.3, -0.25) is 0 Å². The summed E-state index contributed by atoms with van der Waals surface area (Å²) in [5.41, 5.74) is -0.0131. The average molecular weight is 276 g/mol. The molecular formula is C13H20N6O. The summed E-state index contributed by atoms with van der Waals surface area (Å²) in [7, 11) is 0. The Balaban J connectivity index is 1.61. The van der Waals surface area contributed by atoms with Crippen LogP contribution in [-0.4, -0.2) is 42.5 Å². The highest BCUT2D eigenvalue weighted by Crippen LogP contribution is 2.33. The fourth-order valence-electron chi connectivity index (χ4n) is 2.80. The van der Waals surface area contributed by atoms with Gasteiger partial charge in [0.2, 0.25) is 0 Å². The summed E-state index contributed by atoms with van der Waals surface area (Å²) in [5.74, 6) is 1.45. The van der Waals surface area contributed by atoms with E-state index >= 15 is 0 Å². The van der Waals surface area contributed by atoms with Crippen molar-refractivity contribution in [1.29, 1.82) is 0 Å². The minimum absolute atomic E-state index is 0.518. The van der Waals surface area contributed by atoms with Crippen molar-refractivity contribution in [2.45, 2.75) is 44.6 Å². The summed E-state index contributed by atoms with van der Waals surface area (Å²) < 4.78 is 1.38. The largest absolute Gasteiger partial charge is 0.388 e. The molecule has 2 aromatic heterocycles. The molecule has 1 saturated carbocycles. The molecule has 2 N–H and O–H groups in total. The molecule has 1 aliphatic carbocycles. The topological polar surface area (TPSA) is 88.2 Å². The molecule has 0 saturated heterocycles. The first-order valence-electron chi connectivity index (χ1n) is 7.20. The van der Waals surface area contributed by atoms with Crippen molar-refractivity contribution in [2.75, 3.05) is 11.9 Å². The van der Waals surface area contributed by atoms with E-state index in [9.17, 15) is 5.11 Å². The standard InChI is InChI=1S/C13H20N6O/c1-2-10-5-7-13(20,8-6-10)9-14-11-3-4-12-15-17-18-19(12)16-11/h3-4,10,20H,2,5-9H2,1H3,(H,14,16). The lowest BCUT2D eigenvalue weighted by Gasteiger charge is -2.35. The van der Waals surface area contributed by atoms with Gasteiger partial charge in [0.25, 0.3) is 0 Å². The molecule has 1 fully saturated rings. The normalized spacial score (nSPS) is 26.8. The van der Waals surface area contributed by atoms with Crippen LogP contribution in [0.2, 0.25) is 0 Å². The molecule has 0 unspecified atom stereocenters. The summed E-state index contributed by atoms with van der Waals surface area (Å²) >= 11 is 0. The molecule has 2 heterocycles. The van der Waals surface area contributed by atoms with Crippen LogP contribution in [0.3, 0.4) is 0 Å². The van der Waals surface area contributed by atoms with E-state index in [4.69, 9.17) is 0 Å². The van der Waals surface area contributed by atoms with Crippen molar-refractivity contribution in [2.24, 2.45) is 5.92 Å². The van der Waals surface area contributed by atoms with Crippen LogP contribution < -0.4 is 5.32 Å². The minimum Gasteiger partial charge on any atom is -0.388 e. The fraction of sp³-hybridized carbons (Fsp3) is 0.692. The molecule has 0 radical (unpaired) electrons. The highest BCUT2D eigenvalue weighted by atomic mass is 16.3. The molecule has 7 nitrogen and oxygen atoms in total. The van der Waals surface area contributed by atoms with Gasteiger partial charge in [-0.15, -0.1) is 14.8 Å². The number of rotatable bonds is 4. The third-order valence-corrected chi connectivity index (χ3v) is 4.28. The predicted molar refractivity (Wildman–Crippen MR) is 74.3 cm³/mol. The van der Waals surface area contributed by atoms with Crippen molar-refractivity contribution in [3.8, 4) is 0 Å². The predicted octanol–water partition coefficient (Wildman–Crippen LogP) is 1.26. The zero-order valence-corrected chi connectivity index (χ0v) is 11.7. The number of hydrogen-bond acceptors (Lipinski definition) is 6. The maximum absolute atomic E-state index is 10.6. The minimum atomic E-state index is -0.622. The monoisotopic (exact) mass is 276 g/mol. The number of nitrogens with one attached hydrogen (secondary N) is 1. The van der Waals surface area contributed by atoms with Gasteiger partial charge in [0.15, 0.2) is 5.65 Å². The van der Waals surface area contributed by atoms with Gasteiger partial charge in [0.1, 0.15) is 5.82 Å². The fourth-order valence-corrected chi connectivity index (χ4v) is 2.80. The van der Waals surface area contributed by atoms with E-state index in [-0.39, 0.29) is 0 Å². The van der Waals surface area contributed by atoms with Crippen molar-refractivity contribution in [3.05, 3.63) is 12.1 Å². The number of hydrogen-bond donors (Lipinski definition) is 2. The number of aliphatic hydroxyl groups is 1. The quantitative estimate of drug-likeness (QED) is 0.874. The second-order valence-electron chi connectivity index (χ2n) is 5.67. The van der Waals surface area contributed by atoms with Gasteiger partial charge in [-0.25, -0.2) is 0 Å². The molecule has 0 aromatic carbocycles. The third kappa shape index (κ3) is 2.72. The van der Waals surface area contributed by atoms with E-state index in [1.165, 1.54) is 11.1 Å². The van der Waals surface area contributed by atoms with E-state index in [1.54, 1.807) is 6.07 Å². The Labute approximate surface area is 117 Å². The molecule has 20 heavy (non-hydrogen) atoms. The van der Waals surface area contributed by atoms with Gasteiger partial charge in [-0.05, 0) is 54.2 Å². The summed E-state index contributed by atoms with van der Waals surface area (Å²) in [6.45, 7) is 2.74. The van der Waals surface area contributed by atoms with Gasteiger partial charge in [0, 0.05) is 6.54 Å². The summed E-state index contributed by atoms with van der Waals surface area (Å²) in [6.07, 6.45) is 5.13. The lowest BCUT2D eigenvalue weighted by molar-refractivity contribution is 0.00221. The zero-order chi connectivity index (χ0) is 14.0. The highest BCUT2D eigenvalue weighted by molar-refractivity contribution is 5.42. The Morgan fingerprint density at radius 2 is 2.20 bits per heavy atom. The molecule has 3 rings (SSSR count). The lowest BCUT2D eigenvalue weighted by atomic mass is 9.78. The van der Waals surface area contributed by atoms with Crippen LogP contribution in [0.15, 0.2) is 12.1 Å². The number of tetrazole rings is 1. The van der Waals surface area contributed by atoms with E-state index in [0.29, 0.717) is 18.0 Å². The molecule has 0 atom stereocenters. The Bertz CT molecular complexity index is 575. The van der Waals surface area contributed by atoms with Crippen molar-refractivity contribution < 1.29 is 5.11 Å². The molecule has 2 aromatic rings. The number of aromatic nitrogens is 5. The molecule has 7 heteroatoms. The van der Waals surface area contributed by atoms with E-state index in [1.807, 2.05) is 6.07 Å². The number of nitrogens with zero attached hydrogens (tertiary/aromatic N) is 5. The van der Waals surface area contributed by atoms with Crippen LogP contribution in [0.1, 0.15) is 39.0 Å². The van der Waals surface area contributed by atoms with Crippen LogP contribution in [0.25, 0.3) is 5.65 Å². The van der Waals surface area contributed by atoms with Crippen LogP contribution in [-0.2, 0) is 0 Å². The molecular weight excluding hydrogens is 256 g/mol. The van der Waals surface area contributed by atoms with Crippen molar-refractivity contribution >= 4 is 11.5 Å². The van der Waals surface area contributed by atoms with Crippen LogP contribution >= 0.6 is 0 Å². The van der Waals surface area contributed by atoms with Gasteiger partial charge >= 0.3 is 0 Å². The first-order valence-corrected chi connectivity index (χ1v) is 7.20. The van der Waals surface area contributed by atoms with Gasteiger partial charge in [0.05, 0.1) is 5.60 Å². The summed E-state index contributed by atoms with van der Waals surface area (Å²) in [4.78, 5) is 0. The second-order valence-corrected chi connectivity index (χ2v) is 5.67. The zero-order valence-electron chi connectivity index (χ0n) is 11.7. The summed E-state index contributed by atoms with van der Waals surface area (Å²) in [5, 5.41) is 29.1. The SMILES string of the molecule is CCC1CCC(O)(CNc2ccc3nnnn3n2)CC1. The van der Waals surface area contributed by atoms with Crippen LogP contribution in [0, 0.1) is 5.92 Å². The Morgan fingerprint density at radius 3 is 2.95 bits per heavy atom.